The zero-order valence-corrected chi connectivity index (χ0v) is 18.6. The fourth-order valence-electron chi connectivity index (χ4n) is 3.88. The molecule has 1 aromatic heterocycles. The lowest BCUT2D eigenvalue weighted by Gasteiger charge is -2.51. The third-order valence-corrected chi connectivity index (χ3v) is 5.63. The first-order valence-electron chi connectivity index (χ1n) is 8.61. The van der Waals surface area contributed by atoms with E-state index in [1.165, 1.54) is 16.8 Å². The first kappa shape index (κ1) is 23.7. The molecule has 2 saturated heterocycles. The minimum Gasteiger partial charge on any atom is -0.471 e. The second-order valence-corrected chi connectivity index (χ2v) is 8.80. The lowest BCUT2D eigenvalue weighted by Crippen LogP contribution is -2.61. The van der Waals surface area contributed by atoms with Crippen molar-refractivity contribution in [2.75, 3.05) is 38.1 Å². The molecule has 1 N–H and O–H groups in total. The molecule has 10 heteroatoms. The summed E-state index contributed by atoms with van der Waals surface area (Å²) in [5, 5.41) is 11.9. The Hall–Kier alpha value is -0.380. The van der Waals surface area contributed by atoms with Crippen LogP contribution >= 0.6 is 36.5 Å². The smallest absolute Gasteiger partial charge is 0.271 e. The normalized spacial score (nSPS) is 23.8. The third kappa shape index (κ3) is 4.91. The van der Waals surface area contributed by atoms with Crippen LogP contribution in [0.1, 0.15) is 40.5 Å². The molecule has 0 aromatic carbocycles. The lowest BCUT2D eigenvalue weighted by atomic mass is 9.80. The monoisotopic (exact) mass is 427 g/mol. The maximum atomic E-state index is 10.4. The van der Waals surface area contributed by atoms with Crippen LogP contribution in [0.4, 0.5) is 5.82 Å². The Morgan fingerprint density at radius 1 is 1.00 bits per heavy atom. The number of halogens is 2. The topological polar surface area (TPSA) is 65.0 Å². The highest BCUT2D eigenvalue weighted by Gasteiger charge is 2.46. The average Bonchev–Trinajstić information content (AvgIpc) is 2.93. The van der Waals surface area contributed by atoms with Gasteiger partial charge >= 0.3 is 0 Å². The molecule has 1 aromatic rings. The Balaban J connectivity index is 0.00000169. The van der Waals surface area contributed by atoms with Gasteiger partial charge in [0.15, 0.2) is 0 Å². The number of aromatic nitrogens is 2. The van der Waals surface area contributed by atoms with E-state index in [1.807, 2.05) is 27.7 Å². The summed E-state index contributed by atoms with van der Waals surface area (Å²) in [6.45, 7) is 12.1. The molecule has 0 unspecified atom stereocenters. The molecular formula is C16H31Cl2N5O2S. The fourth-order valence-corrected chi connectivity index (χ4v) is 4.39. The maximum Gasteiger partial charge on any atom is 0.271 e. The number of hydroxylamine groups is 2. The van der Waals surface area contributed by atoms with Gasteiger partial charge < -0.3 is 19.7 Å². The van der Waals surface area contributed by atoms with Gasteiger partial charge in [-0.25, -0.2) is 0 Å². The zero-order chi connectivity index (χ0) is 17.5. The van der Waals surface area contributed by atoms with Crippen LogP contribution in [-0.2, 0) is 0 Å². The fraction of sp³-hybridized carbons (Fsp3) is 0.875. The molecule has 26 heavy (non-hydrogen) atoms. The molecule has 152 valence electrons. The van der Waals surface area contributed by atoms with Crippen LogP contribution in [0.2, 0.25) is 0 Å². The average molecular weight is 428 g/mol. The van der Waals surface area contributed by atoms with Gasteiger partial charge in [-0.1, -0.05) is 0 Å². The summed E-state index contributed by atoms with van der Waals surface area (Å²) in [5.74, 6) is 1.52. The number of nitrogens with zero attached hydrogens (tertiary/aromatic N) is 5. The highest BCUT2D eigenvalue weighted by molar-refractivity contribution is 6.99. The van der Waals surface area contributed by atoms with Gasteiger partial charge in [0.1, 0.15) is 6.10 Å². The van der Waals surface area contributed by atoms with Crippen molar-refractivity contribution in [3.8, 4) is 5.88 Å². The van der Waals surface area contributed by atoms with E-state index < -0.39 is 0 Å². The van der Waals surface area contributed by atoms with E-state index in [4.69, 9.17) is 4.74 Å². The SMILES string of the molecule is CN1CCN(c2nsnc2OC2CC(C)(C)N(O)C(C)(C)C2)CC1.Cl.Cl. The van der Waals surface area contributed by atoms with Crippen molar-refractivity contribution in [1.29, 1.82) is 0 Å². The van der Waals surface area contributed by atoms with Crippen LogP contribution in [0.25, 0.3) is 0 Å². The van der Waals surface area contributed by atoms with Crippen molar-refractivity contribution >= 4 is 42.4 Å². The Morgan fingerprint density at radius 3 is 2.08 bits per heavy atom. The molecule has 2 aliphatic rings. The van der Waals surface area contributed by atoms with Crippen molar-refractivity contribution in [3.63, 3.8) is 0 Å². The van der Waals surface area contributed by atoms with Crippen molar-refractivity contribution in [1.82, 2.24) is 18.7 Å². The highest BCUT2D eigenvalue weighted by Crippen LogP contribution is 2.39. The molecule has 7 nitrogen and oxygen atoms in total. The molecule has 3 heterocycles. The molecule has 0 atom stereocenters. The van der Waals surface area contributed by atoms with E-state index in [2.05, 4.69) is 25.6 Å². The minimum atomic E-state index is -0.329. The second kappa shape index (κ2) is 8.75. The minimum absolute atomic E-state index is 0. The number of anilines is 1. The summed E-state index contributed by atoms with van der Waals surface area (Å²) in [6.07, 6.45) is 1.53. The van der Waals surface area contributed by atoms with Gasteiger partial charge in [0.25, 0.3) is 5.88 Å². The van der Waals surface area contributed by atoms with E-state index in [0.29, 0.717) is 5.88 Å². The summed E-state index contributed by atoms with van der Waals surface area (Å²) in [6, 6.07) is 0. The number of hydrogen-bond donors (Lipinski definition) is 1. The predicted molar refractivity (Wildman–Crippen MR) is 110 cm³/mol. The van der Waals surface area contributed by atoms with Gasteiger partial charge in [-0.2, -0.15) is 9.44 Å². The first-order chi connectivity index (χ1) is 11.2. The van der Waals surface area contributed by atoms with Crippen molar-refractivity contribution in [2.24, 2.45) is 0 Å². The van der Waals surface area contributed by atoms with Crippen LogP contribution in [0.3, 0.4) is 0 Å². The number of hydrogen-bond acceptors (Lipinski definition) is 8. The summed E-state index contributed by atoms with van der Waals surface area (Å²) >= 11 is 1.21. The molecule has 2 fully saturated rings. The van der Waals surface area contributed by atoms with Crippen molar-refractivity contribution in [2.45, 2.75) is 57.7 Å². The molecule has 0 spiro atoms. The number of ether oxygens (including phenoxy) is 1. The molecule has 2 aliphatic heterocycles. The van der Waals surface area contributed by atoms with Gasteiger partial charge in [0, 0.05) is 50.1 Å². The van der Waals surface area contributed by atoms with Gasteiger partial charge in [0.05, 0.1) is 11.7 Å². The zero-order valence-electron chi connectivity index (χ0n) is 16.1. The quantitative estimate of drug-likeness (QED) is 0.794. The predicted octanol–water partition coefficient (Wildman–Crippen LogP) is 2.92. The van der Waals surface area contributed by atoms with Crippen LogP contribution < -0.4 is 9.64 Å². The van der Waals surface area contributed by atoms with E-state index >= 15 is 0 Å². The maximum absolute atomic E-state index is 10.4. The number of piperidine rings is 1. The second-order valence-electron chi connectivity index (χ2n) is 8.27. The van der Waals surface area contributed by atoms with Gasteiger partial charge in [-0.15, -0.1) is 29.2 Å². The van der Waals surface area contributed by atoms with Gasteiger partial charge in [0.2, 0.25) is 5.82 Å². The number of likely N-dealkylation sites (N-methyl/N-ethyl adjacent to an activating group) is 1. The number of piperazine rings is 1. The molecule has 0 aliphatic carbocycles. The van der Waals surface area contributed by atoms with E-state index in [-0.39, 0.29) is 42.0 Å². The summed E-state index contributed by atoms with van der Waals surface area (Å²) in [7, 11) is 2.14. The molecule has 0 radical (unpaired) electrons. The molecular weight excluding hydrogens is 397 g/mol. The standard InChI is InChI=1S/C16H29N5O2S.2ClH/c1-15(2)10-12(11-16(3,4)21(15)22)23-14-13(17-24-18-14)20-8-6-19(5)7-9-20;;/h12,22H,6-11H2,1-5H3;2*1H. The van der Waals surface area contributed by atoms with Crippen molar-refractivity contribution in [3.05, 3.63) is 0 Å². The summed E-state index contributed by atoms with van der Waals surface area (Å²) in [4.78, 5) is 4.58. The lowest BCUT2D eigenvalue weighted by molar-refractivity contribution is -0.255. The Bertz CT molecular complexity index is 561. The van der Waals surface area contributed by atoms with E-state index in [1.54, 1.807) is 0 Å². The third-order valence-electron chi connectivity index (χ3n) is 5.12. The van der Waals surface area contributed by atoms with Crippen molar-refractivity contribution < 1.29 is 9.94 Å². The summed E-state index contributed by atoms with van der Waals surface area (Å²) in [5.41, 5.74) is -0.659. The van der Waals surface area contributed by atoms with Crippen LogP contribution in [0, 0.1) is 0 Å². The van der Waals surface area contributed by atoms with E-state index in [9.17, 15) is 5.21 Å². The number of rotatable bonds is 3. The Labute approximate surface area is 172 Å². The first-order valence-corrected chi connectivity index (χ1v) is 9.34. The van der Waals surface area contributed by atoms with E-state index in [0.717, 1.165) is 44.8 Å². The molecule has 0 amide bonds. The summed E-state index contributed by atoms with van der Waals surface area (Å²) < 4.78 is 15.1. The van der Waals surface area contributed by atoms with Crippen LogP contribution in [-0.4, -0.2) is 74.3 Å². The van der Waals surface area contributed by atoms with Crippen LogP contribution in [0.15, 0.2) is 0 Å². The van der Waals surface area contributed by atoms with Gasteiger partial charge in [-0.3, -0.25) is 0 Å². The molecule has 0 saturated carbocycles. The highest BCUT2D eigenvalue weighted by atomic mass is 35.5. The Kier molecular flexibility index (Phi) is 7.96. The van der Waals surface area contributed by atoms with Gasteiger partial charge in [-0.05, 0) is 34.7 Å². The largest absolute Gasteiger partial charge is 0.471 e. The Morgan fingerprint density at radius 2 is 1.54 bits per heavy atom. The molecule has 0 bridgehead atoms. The molecule has 3 rings (SSSR count). The van der Waals surface area contributed by atoms with Crippen LogP contribution in [0.5, 0.6) is 5.88 Å².